The summed E-state index contributed by atoms with van der Waals surface area (Å²) in [5, 5.41) is 11.4. The second-order valence-corrected chi connectivity index (χ2v) is 5.71. The number of hydrogen-bond donors (Lipinski definition) is 2. The zero-order valence-electron chi connectivity index (χ0n) is 10.7. The monoisotopic (exact) mass is 331 g/mol. The van der Waals surface area contributed by atoms with Gasteiger partial charge in [-0.1, -0.05) is 0 Å². The van der Waals surface area contributed by atoms with Crippen LogP contribution in [0.2, 0.25) is 0 Å². The van der Waals surface area contributed by atoms with Gasteiger partial charge in [-0.3, -0.25) is 9.59 Å². The molecule has 0 aliphatic heterocycles. The molecule has 1 rings (SSSR count). The van der Waals surface area contributed by atoms with Crippen LogP contribution in [0.15, 0.2) is 22.7 Å². The highest BCUT2D eigenvalue weighted by Gasteiger charge is 2.22. The lowest BCUT2D eigenvalue weighted by molar-refractivity contribution is -0.137. The van der Waals surface area contributed by atoms with E-state index in [1.54, 1.807) is 13.8 Å². The van der Waals surface area contributed by atoms with Crippen molar-refractivity contribution in [3.05, 3.63) is 34.1 Å². The summed E-state index contributed by atoms with van der Waals surface area (Å²) in [7, 11) is 0. The topological polar surface area (TPSA) is 66.4 Å². The van der Waals surface area contributed by atoms with Gasteiger partial charge in [-0.15, -0.1) is 0 Å². The minimum atomic E-state index is -0.910. The molecular formula is C13H15BrFNO3. The maximum Gasteiger partial charge on any atom is 0.303 e. The van der Waals surface area contributed by atoms with Crippen LogP contribution in [0, 0.1) is 5.82 Å². The van der Waals surface area contributed by atoms with Gasteiger partial charge in [-0.2, -0.15) is 0 Å². The van der Waals surface area contributed by atoms with Crippen molar-refractivity contribution in [2.75, 3.05) is 0 Å². The van der Waals surface area contributed by atoms with Crippen molar-refractivity contribution in [2.45, 2.75) is 32.2 Å². The molecule has 0 saturated carbocycles. The minimum Gasteiger partial charge on any atom is -0.481 e. The highest BCUT2D eigenvalue weighted by molar-refractivity contribution is 9.10. The van der Waals surface area contributed by atoms with Gasteiger partial charge >= 0.3 is 5.97 Å². The van der Waals surface area contributed by atoms with Crippen LogP contribution < -0.4 is 5.32 Å². The fourth-order valence-corrected chi connectivity index (χ4v) is 1.88. The molecule has 6 heteroatoms. The second kappa shape index (κ2) is 6.14. The Balaban J connectivity index is 2.72. The Morgan fingerprint density at radius 3 is 2.58 bits per heavy atom. The summed E-state index contributed by atoms with van der Waals surface area (Å²) in [4.78, 5) is 22.5. The van der Waals surface area contributed by atoms with Gasteiger partial charge in [0.25, 0.3) is 5.91 Å². The molecule has 0 saturated heterocycles. The van der Waals surface area contributed by atoms with Crippen molar-refractivity contribution < 1.29 is 19.1 Å². The predicted molar refractivity (Wildman–Crippen MR) is 72.5 cm³/mol. The van der Waals surface area contributed by atoms with Crippen molar-refractivity contribution >= 4 is 27.8 Å². The van der Waals surface area contributed by atoms with Crippen molar-refractivity contribution in [3.8, 4) is 0 Å². The van der Waals surface area contributed by atoms with E-state index in [4.69, 9.17) is 5.11 Å². The van der Waals surface area contributed by atoms with Crippen LogP contribution in [0.25, 0.3) is 0 Å². The van der Waals surface area contributed by atoms with E-state index in [2.05, 4.69) is 21.2 Å². The number of carboxylic acids is 1. The summed E-state index contributed by atoms with van der Waals surface area (Å²) < 4.78 is 13.3. The molecule has 19 heavy (non-hydrogen) atoms. The summed E-state index contributed by atoms with van der Waals surface area (Å²) >= 11 is 3.01. The van der Waals surface area contributed by atoms with Crippen molar-refractivity contribution in [1.29, 1.82) is 0 Å². The third-order valence-electron chi connectivity index (χ3n) is 2.60. The van der Waals surface area contributed by atoms with E-state index in [-0.39, 0.29) is 16.8 Å². The van der Waals surface area contributed by atoms with Crippen LogP contribution in [0.1, 0.15) is 37.0 Å². The first-order chi connectivity index (χ1) is 8.71. The summed E-state index contributed by atoms with van der Waals surface area (Å²) in [6.45, 7) is 3.48. The highest BCUT2D eigenvalue weighted by atomic mass is 79.9. The molecule has 4 nitrogen and oxygen atoms in total. The van der Waals surface area contributed by atoms with E-state index in [1.807, 2.05) is 0 Å². The molecule has 0 unspecified atom stereocenters. The van der Waals surface area contributed by atoms with Crippen LogP contribution in [-0.4, -0.2) is 22.5 Å². The number of aliphatic carboxylic acids is 1. The second-order valence-electron chi connectivity index (χ2n) is 4.86. The van der Waals surface area contributed by atoms with Crippen molar-refractivity contribution in [2.24, 2.45) is 0 Å². The third-order valence-corrected chi connectivity index (χ3v) is 3.21. The molecular weight excluding hydrogens is 317 g/mol. The molecule has 2 N–H and O–H groups in total. The Bertz CT molecular complexity index is 503. The average Bonchev–Trinajstić information content (AvgIpc) is 2.29. The Morgan fingerprint density at radius 1 is 1.42 bits per heavy atom. The molecule has 0 spiro atoms. The van der Waals surface area contributed by atoms with Crippen LogP contribution >= 0.6 is 15.9 Å². The van der Waals surface area contributed by atoms with Crippen molar-refractivity contribution in [3.63, 3.8) is 0 Å². The van der Waals surface area contributed by atoms with E-state index in [9.17, 15) is 14.0 Å². The number of amides is 1. The molecule has 0 atom stereocenters. The largest absolute Gasteiger partial charge is 0.481 e. The van der Waals surface area contributed by atoms with E-state index < -0.39 is 17.3 Å². The van der Waals surface area contributed by atoms with Crippen molar-refractivity contribution in [1.82, 2.24) is 5.32 Å². The van der Waals surface area contributed by atoms with Crippen LogP contribution in [-0.2, 0) is 4.79 Å². The van der Waals surface area contributed by atoms with Gasteiger partial charge < -0.3 is 10.4 Å². The SMILES string of the molecule is CC(C)(CCC(=O)O)NC(=O)c1ccc(F)c(Br)c1. The number of nitrogens with one attached hydrogen (secondary N) is 1. The van der Waals surface area contributed by atoms with Gasteiger partial charge in [0.05, 0.1) is 4.47 Å². The van der Waals surface area contributed by atoms with Gasteiger partial charge in [0.2, 0.25) is 0 Å². The van der Waals surface area contributed by atoms with Gasteiger partial charge in [0.1, 0.15) is 5.82 Å². The first-order valence-corrected chi connectivity index (χ1v) is 6.50. The summed E-state index contributed by atoms with van der Waals surface area (Å²) in [5.74, 6) is -1.72. The molecule has 0 aliphatic rings. The molecule has 0 heterocycles. The Kier molecular flexibility index (Phi) is 5.05. The predicted octanol–water partition coefficient (Wildman–Crippen LogP) is 2.96. The van der Waals surface area contributed by atoms with Gasteiger partial charge in [0, 0.05) is 17.5 Å². The molecule has 0 aliphatic carbocycles. The molecule has 1 amide bonds. The van der Waals surface area contributed by atoms with E-state index in [0.29, 0.717) is 12.0 Å². The zero-order valence-corrected chi connectivity index (χ0v) is 12.3. The van der Waals surface area contributed by atoms with Crippen LogP contribution in [0.3, 0.4) is 0 Å². The summed E-state index contributed by atoms with van der Waals surface area (Å²) in [6, 6.07) is 3.96. The Morgan fingerprint density at radius 2 is 2.05 bits per heavy atom. The molecule has 104 valence electrons. The zero-order chi connectivity index (χ0) is 14.6. The summed E-state index contributed by atoms with van der Waals surface area (Å²) in [6.07, 6.45) is 0.289. The molecule has 0 aromatic heterocycles. The maximum atomic E-state index is 13.1. The number of halogens is 2. The third kappa shape index (κ3) is 4.98. The fourth-order valence-electron chi connectivity index (χ4n) is 1.50. The summed E-state index contributed by atoms with van der Waals surface area (Å²) in [5.41, 5.74) is -0.326. The molecule has 0 fully saturated rings. The average molecular weight is 332 g/mol. The molecule has 0 bridgehead atoms. The van der Waals surface area contributed by atoms with Gasteiger partial charge in [0.15, 0.2) is 0 Å². The Hall–Kier alpha value is -1.43. The minimum absolute atomic E-state index is 0.0274. The van der Waals surface area contributed by atoms with Gasteiger partial charge in [-0.05, 0) is 54.4 Å². The van der Waals surface area contributed by atoms with E-state index >= 15 is 0 Å². The van der Waals surface area contributed by atoms with E-state index in [1.165, 1.54) is 18.2 Å². The normalized spacial score (nSPS) is 11.2. The number of carbonyl (C=O) groups excluding carboxylic acids is 1. The number of carboxylic acid groups (broad SMARTS) is 1. The quantitative estimate of drug-likeness (QED) is 0.871. The van der Waals surface area contributed by atoms with Crippen LogP contribution in [0.4, 0.5) is 4.39 Å². The molecule has 0 radical (unpaired) electrons. The smallest absolute Gasteiger partial charge is 0.303 e. The van der Waals surface area contributed by atoms with Gasteiger partial charge in [-0.25, -0.2) is 4.39 Å². The first-order valence-electron chi connectivity index (χ1n) is 5.70. The molecule has 1 aromatic carbocycles. The standard InChI is InChI=1S/C13H15BrFNO3/c1-13(2,6-5-11(17)18)16-12(19)8-3-4-10(15)9(14)7-8/h3-4,7H,5-6H2,1-2H3,(H,16,19)(H,17,18). The lowest BCUT2D eigenvalue weighted by Gasteiger charge is -2.25. The first kappa shape index (κ1) is 15.6. The highest BCUT2D eigenvalue weighted by Crippen LogP contribution is 2.18. The Labute approximate surface area is 119 Å². The number of hydrogen-bond acceptors (Lipinski definition) is 2. The van der Waals surface area contributed by atoms with Crippen LogP contribution in [0.5, 0.6) is 0 Å². The number of carbonyl (C=O) groups is 2. The lowest BCUT2D eigenvalue weighted by atomic mass is 9.98. The number of benzene rings is 1. The lowest BCUT2D eigenvalue weighted by Crippen LogP contribution is -2.43. The number of rotatable bonds is 5. The maximum absolute atomic E-state index is 13.1. The molecule has 1 aromatic rings. The van der Waals surface area contributed by atoms with E-state index in [0.717, 1.165) is 0 Å². The fraction of sp³-hybridized carbons (Fsp3) is 0.385.